The minimum absolute atomic E-state index is 0.159. The first kappa shape index (κ1) is 20.7. The highest BCUT2D eigenvalue weighted by Gasteiger charge is 2.40. The Morgan fingerprint density at radius 3 is 2.40 bits per heavy atom. The van der Waals surface area contributed by atoms with Crippen LogP contribution in [0.2, 0.25) is 0 Å². The molecule has 2 aromatic carbocycles. The van der Waals surface area contributed by atoms with Crippen molar-refractivity contribution in [1.82, 2.24) is 5.32 Å². The molecule has 30 heavy (non-hydrogen) atoms. The number of anilines is 1. The van der Waals surface area contributed by atoms with Crippen molar-refractivity contribution in [2.45, 2.75) is 43.5 Å². The number of nitrogens with one attached hydrogen (secondary N) is 1. The van der Waals surface area contributed by atoms with Crippen LogP contribution < -0.4 is 14.4 Å². The molecule has 2 saturated carbocycles. The molecule has 0 heterocycles. The monoisotopic (exact) mass is 428 g/mol. The summed E-state index contributed by atoms with van der Waals surface area (Å²) in [5.41, 5.74) is 0.436. The standard InChI is InChI=1S/C23H28N2O4S/c1-2-29-20-12-10-19(11-13-20)25(30(27,28)21-6-4-3-5-7-21)16-23(26)24-22-15-17-8-9-18(22)14-17/h3-7,10-13,17-18,22H,2,8-9,14-16H2,1H3,(H,24,26)/t17-,18+,22+/m0/s1. The molecule has 7 heteroatoms. The van der Waals surface area contributed by atoms with Gasteiger partial charge in [0.25, 0.3) is 10.0 Å². The zero-order chi connectivity index (χ0) is 21.1. The number of ether oxygens (including phenoxy) is 1. The van der Waals surface area contributed by atoms with Crippen LogP contribution in [0, 0.1) is 11.8 Å². The Morgan fingerprint density at radius 2 is 1.80 bits per heavy atom. The highest BCUT2D eigenvalue weighted by molar-refractivity contribution is 7.92. The molecule has 2 aliphatic carbocycles. The number of nitrogens with zero attached hydrogens (tertiary/aromatic N) is 1. The summed E-state index contributed by atoms with van der Waals surface area (Å²) in [7, 11) is -3.89. The maximum atomic E-state index is 13.4. The van der Waals surface area contributed by atoms with E-state index in [1.807, 2.05) is 6.92 Å². The lowest BCUT2D eigenvalue weighted by atomic mass is 9.95. The predicted octanol–water partition coefficient (Wildman–Crippen LogP) is 3.59. The van der Waals surface area contributed by atoms with Crippen LogP contribution in [0.4, 0.5) is 5.69 Å². The van der Waals surface area contributed by atoms with Gasteiger partial charge in [-0.3, -0.25) is 9.10 Å². The van der Waals surface area contributed by atoms with Crippen LogP contribution in [0.15, 0.2) is 59.5 Å². The zero-order valence-corrected chi connectivity index (χ0v) is 18.0. The third kappa shape index (κ3) is 4.31. The molecule has 1 N–H and O–H groups in total. The quantitative estimate of drug-likeness (QED) is 0.697. The lowest BCUT2D eigenvalue weighted by Gasteiger charge is -2.27. The Hall–Kier alpha value is -2.54. The second-order valence-corrected chi connectivity index (χ2v) is 9.96. The van der Waals surface area contributed by atoms with Gasteiger partial charge in [-0.05, 0) is 74.4 Å². The first-order valence-electron chi connectivity index (χ1n) is 10.6. The van der Waals surface area contributed by atoms with E-state index >= 15 is 0 Å². The molecule has 0 saturated heterocycles. The number of benzene rings is 2. The van der Waals surface area contributed by atoms with Crippen LogP contribution in [0.3, 0.4) is 0 Å². The van der Waals surface area contributed by atoms with Gasteiger partial charge in [-0.1, -0.05) is 24.6 Å². The van der Waals surface area contributed by atoms with E-state index < -0.39 is 10.0 Å². The molecular formula is C23H28N2O4S. The van der Waals surface area contributed by atoms with Gasteiger partial charge in [0.2, 0.25) is 5.91 Å². The Balaban J connectivity index is 1.57. The van der Waals surface area contributed by atoms with Crippen LogP contribution in [0.5, 0.6) is 5.75 Å². The van der Waals surface area contributed by atoms with Crippen LogP contribution in [-0.2, 0) is 14.8 Å². The SMILES string of the molecule is CCOc1ccc(N(CC(=O)N[C@@H]2C[C@H]3CC[C@@H]2C3)S(=O)(=O)c2ccccc2)cc1. The van der Waals surface area contributed by atoms with E-state index in [9.17, 15) is 13.2 Å². The smallest absolute Gasteiger partial charge is 0.264 e. The number of rotatable bonds is 8. The van der Waals surface area contributed by atoms with Gasteiger partial charge in [-0.25, -0.2) is 8.42 Å². The molecule has 0 spiro atoms. The molecule has 2 bridgehead atoms. The molecule has 0 unspecified atom stereocenters. The molecule has 0 aliphatic heterocycles. The number of fused-ring (bicyclic) bond motifs is 2. The summed E-state index contributed by atoms with van der Waals surface area (Å²) in [5.74, 6) is 1.63. The zero-order valence-electron chi connectivity index (χ0n) is 17.2. The molecule has 2 aromatic rings. The topological polar surface area (TPSA) is 75.7 Å². The maximum absolute atomic E-state index is 13.4. The van der Waals surface area contributed by atoms with E-state index in [0.717, 1.165) is 12.8 Å². The van der Waals surface area contributed by atoms with Gasteiger partial charge < -0.3 is 10.1 Å². The minimum Gasteiger partial charge on any atom is -0.494 e. The third-order valence-corrected chi connectivity index (χ3v) is 7.93. The summed E-state index contributed by atoms with van der Waals surface area (Å²) in [6, 6.07) is 15.2. The van der Waals surface area contributed by atoms with Gasteiger partial charge in [-0.2, -0.15) is 0 Å². The van der Waals surface area contributed by atoms with E-state index in [2.05, 4.69) is 5.32 Å². The van der Waals surface area contributed by atoms with Crippen LogP contribution in [0.1, 0.15) is 32.6 Å². The lowest BCUT2D eigenvalue weighted by Crippen LogP contribution is -2.45. The summed E-state index contributed by atoms with van der Waals surface area (Å²) < 4.78 is 33.4. The molecule has 2 fully saturated rings. The largest absolute Gasteiger partial charge is 0.494 e. The summed E-state index contributed by atoms with van der Waals surface area (Å²) in [4.78, 5) is 13.0. The van der Waals surface area contributed by atoms with Crippen molar-refractivity contribution in [3.8, 4) is 5.75 Å². The second kappa shape index (κ2) is 8.68. The first-order valence-corrected chi connectivity index (χ1v) is 12.0. The Morgan fingerprint density at radius 1 is 1.07 bits per heavy atom. The minimum atomic E-state index is -3.89. The molecular weight excluding hydrogens is 400 g/mol. The summed E-state index contributed by atoms with van der Waals surface area (Å²) in [6.07, 6.45) is 4.58. The Labute approximate surface area is 178 Å². The third-order valence-electron chi connectivity index (χ3n) is 6.14. The molecule has 160 valence electrons. The summed E-state index contributed by atoms with van der Waals surface area (Å²) in [6.45, 7) is 2.16. The normalized spacial score (nSPS) is 22.6. The summed E-state index contributed by atoms with van der Waals surface area (Å²) in [5, 5.41) is 3.10. The number of carbonyl (C=O) groups is 1. The van der Waals surface area contributed by atoms with E-state index in [1.165, 1.54) is 17.1 Å². The maximum Gasteiger partial charge on any atom is 0.264 e. The number of hydrogen-bond donors (Lipinski definition) is 1. The fourth-order valence-corrected chi connectivity index (χ4v) is 6.16. The number of carbonyl (C=O) groups excluding carboxylic acids is 1. The van der Waals surface area contributed by atoms with Crippen LogP contribution in [-0.4, -0.2) is 33.5 Å². The van der Waals surface area contributed by atoms with Gasteiger partial charge in [-0.15, -0.1) is 0 Å². The highest BCUT2D eigenvalue weighted by Crippen LogP contribution is 2.44. The predicted molar refractivity (Wildman–Crippen MR) is 116 cm³/mol. The van der Waals surface area contributed by atoms with Gasteiger partial charge in [0, 0.05) is 6.04 Å². The van der Waals surface area contributed by atoms with Crippen molar-refractivity contribution < 1.29 is 17.9 Å². The average molecular weight is 429 g/mol. The van der Waals surface area contributed by atoms with Crippen molar-refractivity contribution >= 4 is 21.6 Å². The van der Waals surface area contributed by atoms with Gasteiger partial charge in [0.15, 0.2) is 0 Å². The van der Waals surface area contributed by atoms with Crippen molar-refractivity contribution in [3.63, 3.8) is 0 Å². The summed E-state index contributed by atoms with van der Waals surface area (Å²) >= 11 is 0. The molecule has 1 amide bonds. The van der Waals surface area contributed by atoms with Crippen molar-refractivity contribution in [3.05, 3.63) is 54.6 Å². The number of sulfonamides is 1. The van der Waals surface area contributed by atoms with Crippen LogP contribution in [0.25, 0.3) is 0 Å². The Bertz CT molecular complexity index is 976. The molecule has 4 rings (SSSR count). The molecule has 6 nitrogen and oxygen atoms in total. The van der Waals surface area contributed by atoms with Gasteiger partial charge in [0.05, 0.1) is 17.2 Å². The highest BCUT2D eigenvalue weighted by atomic mass is 32.2. The second-order valence-electron chi connectivity index (χ2n) is 8.10. The van der Waals surface area contributed by atoms with Gasteiger partial charge in [0.1, 0.15) is 12.3 Å². The Kier molecular flexibility index (Phi) is 5.99. The van der Waals surface area contributed by atoms with Crippen molar-refractivity contribution in [2.24, 2.45) is 11.8 Å². The lowest BCUT2D eigenvalue weighted by molar-refractivity contribution is -0.120. The average Bonchev–Trinajstić information content (AvgIpc) is 3.37. The molecule has 3 atom stereocenters. The van der Waals surface area contributed by atoms with Gasteiger partial charge >= 0.3 is 0 Å². The fraction of sp³-hybridized carbons (Fsp3) is 0.435. The fourth-order valence-electron chi connectivity index (χ4n) is 4.71. The van der Waals surface area contributed by atoms with Crippen molar-refractivity contribution in [1.29, 1.82) is 0 Å². The van der Waals surface area contributed by atoms with Crippen LogP contribution >= 0.6 is 0 Å². The van der Waals surface area contributed by atoms with Crippen molar-refractivity contribution in [2.75, 3.05) is 17.5 Å². The van der Waals surface area contributed by atoms with E-state index in [4.69, 9.17) is 4.74 Å². The first-order chi connectivity index (χ1) is 14.5. The molecule has 2 aliphatic rings. The number of hydrogen-bond acceptors (Lipinski definition) is 4. The van der Waals surface area contributed by atoms with E-state index in [-0.39, 0.29) is 23.4 Å². The van der Waals surface area contributed by atoms with E-state index in [1.54, 1.807) is 54.6 Å². The van der Waals surface area contributed by atoms with E-state index in [0.29, 0.717) is 29.9 Å². The molecule has 0 radical (unpaired) electrons. The number of amides is 1. The molecule has 0 aromatic heterocycles.